The lowest BCUT2D eigenvalue weighted by Gasteiger charge is -2.01. The number of anilines is 1. The lowest BCUT2D eigenvalue weighted by atomic mass is 10.1. The minimum atomic E-state index is 0.390. The maximum Gasteiger partial charge on any atom is 0.184 e. The number of rotatable bonds is 1. The van der Waals surface area contributed by atoms with Gasteiger partial charge in [-0.1, -0.05) is 11.2 Å². The topological polar surface area (TPSA) is 77.8 Å². The number of halogens is 1. The van der Waals surface area contributed by atoms with E-state index in [1.165, 1.54) is 0 Å². The van der Waals surface area contributed by atoms with Crippen LogP contribution in [0.2, 0.25) is 0 Å². The Bertz CT molecular complexity index is 690. The first-order valence-corrected chi connectivity index (χ1v) is 5.96. The largest absolute Gasteiger partial charge is 0.380 e. The van der Waals surface area contributed by atoms with Gasteiger partial charge in [-0.05, 0) is 34.7 Å². The molecule has 0 spiro atoms. The van der Waals surface area contributed by atoms with Crippen LogP contribution in [0.5, 0.6) is 0 Å². The third-order valence-corrected chi connectivity index (χ3v) is 3.45. The maximum absolute atomic E-state index is 5.67. The molecular formula is C11H7IN4O. The lowest BCUT2D eigenvalue weighted by molar-refractivity contribution is 0.435. The molecule has 0 saturated carbocycles. The fourth-order valence-corrected chi connectivity index (χ4v) is 2.12. The molecule has 84 valence electrons. The van der Waals surface area contributed by atoms with Crippen LogP contribution in [0.3, 0.4) is 0 Å². The normalized spacial score (nSPS) is 10.9. The van der Waals surface area contributed by atoms with Crippen molar-refractivity contribution >= 4 is 39.4 Å². The average Bonchev–Trinajstić information content (AvgIpc) is 2.69. The Morgan fingerprint density at radius 2 is 2.00 bits per heavy atom. The second kappa shape index (κ2) is 3.95. The number of hydrogen-bond donors (Lipinski definition) is 1. The highest BCUT2D eigenvalue weighted by Crippen LogP contribution is 2.32. The second-order valence-corrected chi connectivity index (χ2v) is 4.52. The van der Waals surface area contributed by atoms with Gasteiger partial charge in [-0.3, -0.25) is 9.97 Å². The van der Waals surface area contributed by atoms with E-state index in [4.69, 9.17) is 10.3 Å². The number of hydrogen-bond acceptors (Lipinski definition) is 5. The Kier molecular flexibility index (Phi) is 2.43. The number of aromatic nitrogens is 3. The van der Waals surface area contributed by atoms with Crippen LogP contribution in [0, 0.1) is 3.57 Å². The Morgan fingerprint density at radius 1 is 1.18 bits per heavy atom. The van der Waals surface area contributed by atoms with Crippen molar-refractivity contribution in [1.29, 1.82) is 0 Å². The number of nitrogens with two attached hydrogens (primary N) is 1. The summed E-state index contributed by atoms with van der Waals surface area (Å²) in [5.41, 5.74) is 8.12. The zero-order valence-electron chi connectivity index (χ0n) is 8.59. The van der Waals surface area contributed by atoms with E-state index in [1.54, 1.807) is 12.4 Å². The second-order valence-electron chi connectivity index (χ2n) is 3.44. The van der Waals surface area contributed by atoms with Crippen molar-refractivity contribution in [3.63, 3.8) is 0 Å². The Balaban J connectivity index is 2.34. The molecule has 5 nitrogen and oxygen atoms in total. The van der Waals surface area contributed by atoms with E-state index >= 15 is 0 Å². The van der Waals surface area contributed by atoms with Crippen LogP contribution < -0.4 is 5.73 Å². The van der Waals surface area contributed by atoms with Crippen LogP contribution in [-0.2, 0) is 0 Å². The molecule has 2 heterocycles. The SMILES string of the molecule is Nc1noc(-c2cccc3nccnc23)c1I. The van der Waals surface area contributed by atoms with Crippen LogP contribution in [0.4, 0.5) is 5.82 Å². The van der Waals surface area contributed by atoms with Crippen LogP contribution in [0.1, 0.15) is 0 Å². The first-order chi connectivity index (χ1) is 8.27. The van der Waals surface area contributed by atoms with E-state index < -0.39 is 0 Å². The number of nitrogens with zero attached hydrogens (tertiary/aromatic N) is 3. The molecule has 0 saturated heterocycles. The molecule has 2 N–H and O–H groups in total. The molecule has 3 rings (SSSR count). The average molecular weight is 338 g/mol. The number of benzene rings is 1. The van der Waals surface area contributed by atoms with Gasteiger partial charge in [0, 0.05) is 18.0 Å². The molecule has 0 aliphatic rings. The van der Waals surface area contributed by atoms with Gasteiger partial charge < -0.3 is 10.3 Å². The van der Waals surface area contributed by atoms with Gasteiger partial charge in [0.15, 0.2) is 11.6 Å². The summed E-state index contributed by atoms with van der Waals surface area (Å²) in [6.07, 6.45) is 3.31. The Labute approximate surface area is 110 Å². The fraction of sp³-hybridized carbons (Fsp3) is 0. The molecule has 3 aromatic rings. The van der Waals surface area contributed by atoms with Crippen LogP contribution in [-0.4, -0.2) is 15.1 Å². The molecule has 6 heteroatoms. The van der Waals surface area contributed by atoms with Crippen molar-refractivity contribution in [2.24, 2.45) is 0 Å². The number of para-hydroxylation sites is 1. The molecule has 0 fully saturated rings. The van der Waals surface area contributed by atoms with E-state index in [9.17, 15) is 0 Å². The molecule has 0 aliphatic carbocycles. The molecule has 1 aromatic carbocycles. The summed E-state index contributed by atoms with van der Waals surface area (Å²) in [4.78, 5) is 8.56. The van der Waals surface area contributed by atoms with Crippen molar-refractivity contribution in [3.05, 3.63) is 34.2 Å². The molecule has 0 unspecified atom stereocenters. The van der Waals surface area contributed by atoms with Crippen molar-refractivity contribution in [1.82, 2.24) is 15.1 Å². The van der Waals surface area contributed by atoms with Gasteiger partial charge in [-0.2, -0.15) is 0 Å². The van der Waals surface area contributed by atoms with Crippen LogP contribution in [0.25, 0.3) is 22.4 Å². The minimum Gasteiger partial charge on any atom is -0.380 e. The third-order valence-electron chi connectivity index (χ3n) is 2.40. The van der Waals surface area contributed by atoms with Gasteiger partial charge in [-0.25, -0.2) is 0 Å². The summed E-state index contributed by atoms with van der Waals surface area (Å²) >= 11 is 2.11. The highest BCUT2D eigenvalue weighted by molar-refractivity contribution is 14.1. The molecule has 0 bridgehead atoms. The molecular weight excluding hydrogens is 331 g/mol. The predicted octanol–water partition coefficient (Wildman–Crippen LogP) is 2.47. The first kappa shape index (κ1) is 10.5. The molecule has 0 radical (unpaired) electrons. The van der Waals surface area contributed by atoms with E-state index in [1.807, 2.05) is 18.2 Å². The Hall–Kier alpha value is -1.70. The predicted molar refractivity (Wildman–Crippen MR) is 72.2 cm³/mol. The van der Waals surface area contributed by atoms with Crippen molar-refractivity contribution in [2.75, 3.05) is 5.73 Å². The fourth-order valence-electron chi connectivity index (χ4n) is 1.63. The van der Waals surface area contributed by atoms with Crippen molar-refractivity contribution in [3.8, 4) is 11.3 Å². The third kappa shape index (κ3) is 1.64. The summed E-state index contributed by atoms with van der Waals surface area (Å²) in [5, 5.41) is 3.75. The smallest absolute Gasteiger partial charge is 0.184 e. The summed E-state index contributed by atoms with van der Waals surface area (Å²) < 4.78 is 6.03. The van der Waals surface area contributed by atoms with Crippen LogP contribution in [0.15, 0.2) is 35.1 Å². The zero-order chi connectivity index (χ0) is 11.8. The van der Waals surface area contributed by atoms with Gasteiger partial charge in [0.1, 0.15) is 3.57 Å². The molecule has 0 amide bonds. The first-order valence-electron chi connectivity index (χ1n) is 4.88. The van der Waals surface area contributed by atoms with Gasteiger partial charge in [0.25, 0.3) is 0 Å². The molecule has 17 heavy (non-hydrogen) atoms. The van der Waals surface area contributed by atoms with E-state index in [0.29, 0.717) is 11.6 Å². The van der Waals surface area contributed by atoms with Crippen LogP contribution >= 0.6 is 22.6 Å². The molecule has 0 atom stereocenters. The molecule has 0 aliphatic heterocycles. The summed E-state index contributed by atoms with van der Waals surface area (Å²) in [5.74, 6) is 1.02. The van der Waals surface area contributed by atoms with E-state index in [2.05, 4.69) is 37.7 Å². The van der Waals surface area contributed by atoms with Crippen molar-refractivity contribution in [2.45, 2.75) is 0 Å². The highest BCUT2D eigenvalue weighted by atomic mass is 127. The maximum atomic E-state index is 5.67. The lowest BCUT2D eigenvalue weighted by Crippen LogP contribution is -1.88. The zero-order valence-corrected chi connectivity index (χ0v) is 10.7. The quantitative estimate of drug-likeness (QED) is 0.690. The van der Waals surface area contributed by atoms with E-state index in [0.717, 1.165) is 20.2 Å². The number of nitrogen functional groups attached to an aromatic ring is 1. The monoisotopic (exact) mass is 338 g/mol. The van der Waals surface area contributed by atoms with Gasteiger partial charge in [0.05, 0.1) is 11.0 Å². The van der Waals surface area contributed by atoms with E-state index in [-0.39, 0.29) is 0 Å². The Morgan fingerprint density at radius 3 is 2.76 bits per heavy atom. The standard InChI is InChI=1S/C11H7IN4O/c12-8-10(17-16-11(8)13)6-2-1-3-7-9(6)15-5-4-14-7/h1-5H,(H2,13,16). The minimum absolute atomic E-state index is 0.390. The summed E-state index contributed by atoms with van der Waals surface area (Å²) in [6.45, 7) is 0. The van der Waals surface area contributed by atoms with Crippen molar-refractivity contribution < 1.29 is 4.52 Å². The van der Waals surface area contributed by atoms with Gasteiger partial charge >= 0.3 is 0 Å². The number of fused-ring (bicyclic) bond motifs is 1. The van der Waals surface area contributed by atoms with Gasteiger partial charge in [-0.15, -0.1) is 0 Å². The summed E-state index contributed by atoms with van der Waals surface area (Å²) in [6, 6.07) is 5.72. The van der Waals surface area contributed by atoms with Gasteiger partial charge in [0.2, 0.25) is 0 Å². The highest BCUT2D eigenvalue weighted by Gasteiger charge is 2.16. The summed E-state index contributed by atoms with van der Waals surface area (Å²) in [7, 11) is 0. The molecule has 2 aromatic heterocycles.